The highest BCUT2D eigenvalue weighted by atomic mass is 14.3. The maximum Gasteiger partial charge on any atom is -0.00208 e. The highest BCUT2D eigenvalue weighted by Crippen LogP contribution is 2.50. The zero-order valence-corrected chi connectivity index (χ0v) is 21.4. The molecule has 0 nitrogen and oxygen atoms in total. The molecule has 0 N–H and O–H groups in total. The Morgan fingerprint density at radius 3 is 1.44 bits per heavy atom. The summed E-state index contributed by atoms with van der Waals surface area (Å²) in [6.07, 6.45) is 4.64. The van der Waals surface area contributed by atoms with Gasteiger partial charge < -0.3 is 0 Å². The summed E-state index contributed by atoms with van der Waals surface area (Å²) in [4.78, 5) is 0. The van der Waals surface area contributed by atoms with Crippen molar-refractivity contribution < 1.29 is 0 Å². The Morgan fingerprint density at radius 2 is 0.971 bits per heavy atom. The van der Waals surface area contributed by atoms with Crippen molar-refractivity contribution in [1.82, 2.24) is 0 Å². The Kier molecular flexibility index (Phi) is 3.87. The van der Waals surface area contributed by atoms with E-state index in [-0.39, 0.29) is 10.8 Å². The molecule has 5 aromatic carbocycles. The lowest BCUT2D eigenvalue weighted by Crippen LogP contribution is -2.19. The van der Waals surface area contributed by atoms with Gasteiger partial charge in [-0.15, -0.1) is 0 Å². The van der Waals surface area contributed by atoms with Gasteiger partial charge >= 0.3 is 0 Å². The number of rotatable bonds is 0. The minimum Gasteiger partial charge on any atom is -0.0561 e. The summed E-state index contributed by atoms with van der Waals surface area (Å²) in [5.41, 5.74) is 12.8. The molecule has 5 aromatic rings. The van der Waals surface area contributed by atoms with Crippen LogP contribution in [0.2, 0.25) is 0 Å². The van der Waals surface area contributed by atoms with E-state index in [4.69, 9.17) is 0 Å². The number of benzene rings is 5. The van der Waals surface area contributed by atoms with Crippen molar-refractivity contribution in [2.75, 3.05) is 0 Å². The molecule has 34 heavy (non-hydrogen) atoms. The van der Waals surface area contributed by atoms with Crippen molar-refractivity contribution in [2.24, 2.45) is 0 Å². The fourth-order valence-electron chi connectivity index (χ4n) is 6.81. The van der Waals surface area contributed by atoms with Gasteiger partial charge in [-0.25, -0.2) is 0 Å². The molecule has 0 saturated heterocycles. The zero-order chi connectivity index (χ0) is 23.6. The Bertz CT molecular complexity index is 1550. The third kappa shape index (κ3) is 2.66. The standard InChI is InChI=1S/C34H34/c1-33(2,3)23-15-19-7-11-25-27-13-9-21-17-24(34(4,5)6)18-22-10-14-28(32(27)30(21)22)26-12-8-20(16-23)29(19)31(25)26/h7-8,11-12,15-18H,9-10,13-14H2,1-6H3. The van der Waals surface area contributed by atoms with Gasteiger partial charge in [0.1, 0.15) is 0 Å². The van der Waals surface area contributed by atoms with Gasteiger partial charge in [0.05, 0.1) is 0 Å². The highest BCUT2D eigenvalue weighted by Gasteiger charge is 2.31. The maximum absolute atomic E-state index is 2.52. The molecular formula is C34H34. The Balaban J connectivity index is 1.59. The first-order valence-corrected chi connectivity index (χ1v) is 13.0. The summed E-state index contributed by atoms with van der Waals surface area (Å²) < 4.78 is 0. The molecule has 0 unspecified atom stereocenters. The normalized spacial score (nSPS) is 15.5. The number of hydrogen-bond acceptors (Lipinski definition) is 0. The number of fused-ring (bicyclic) bond motifs is 2. The monoisotopic (exact) mass is 442 g/mol. The van der Waals surface area contributed by atoms with Crippen LogP contribution in [0.5, 0.6) is 0 Å². The number of aryl methyl sites for hydroxylation is 4. The molecule has 7 rings (SSSR count). The number of hydrogen-bond donors (Lipinski definition) is 0. The van der Waals surface area contributed by atoms with Crippen LogP contribution in [0.1, 0.15) is 74.9 Å². The molecule has 2 aliphatic carbocycles. The molecular weight excluding hydrogens is 408 g/mol. The average molecular weight is 443 g/mol. The van der Waals surface area contributed by atoms with Crippen LogP contribution < -0.4 is 0 Å². The Hall–Kier alpha value is -2.86. The van der Waals surface area contributed by atoms with Crippen LogP contribution in [-0.4, -0.2) is 0 Å². The predicted molar refractivity (Wildman–Crippen MR) is 148 cm³/mol. The van der Waals surface area contributed by atoms with E-state index in [9.17, 15) is 0 Å². The Morgan fingerprint density at radius 1 is 0.500 bits per heavy atom. The lowest BCUT2D eigenvalue weighted by molar-refractivity contribution is 0.587. The Labute approximate surface area is 203 Å². The van der Waals surface area contributed by atoms with Crippen molar-refractivity contribution in [3.8, 4) is 11.1 Å². The van der Waals surface area contributed by atoms with Gasteiger partial charge in [-0.05, 0) is 113 Å². The van der Waals surface area contributed by atoms with Crippen LogP contribution >= 0.6 is 0 Å². The van der Waals surface area contributed by atoms with Crippen LogP contribution in [0, 0.1) is 0 Å². The summed E-state index contributed by atoms with van der Waals surface area (Å²) in [5, 5.41) is 8.78. The van der Waals surface area contributed by atoms with Crippen LogP contribution in [0.4, 0.5) is 0 Å². The summed E-state index contributed by atoms with van der Waals surface area (Å²) >= 11 is 0. The third-order valence-electron chi connectivity index (χ3n) is 8.67. The SMILES string of the molecule is CC(C)(C)c1cc2c3c(c1)CCc1c-3c(c3ccc4cc(C(C)(C)C)cc5ccc1c3c45)CC2. The van der Waals surface area contributed by atoms with Crippen LogP contribution in [0.15, 0.2) is 48.5 Å². The van der Waals surface area contributed by atoms with Gasteiger partial charge in [-0.1, -0.05) is 90.1 Å². The van der Waals surface area contributed by atoms with Crippen LogP contribution in [0.25, 0.3) is 43.4 Å². The fourth-order valence-corrected chi connectivity index (χ4v) is 6.81. The average Bonchev–Trinajstić information content (AvgIpc) is 2.79. The van der Waals surface area contributed by atoms with Gasteiger partial charge in [0.15, 0.2) is 0 Å². The van der Waals surface area contributed by atoms with E-state index in [0.717, 1.165) is 25.7 Å². The zero-order valence-electron chi connectivity index (χ0n) is 21.4. The van der Waals surface area contributed by atoms with Crippen molar-refractivity contribution in [2.45, 2.75) is 78.1 Å². The fraction of sp³-hybridized carbons (Fsp3) is 0.353. The van der Waals surface area contributed by atoms with Crippen molar-refractivity contribution in [3.05, 3.63) is 81.9 Å². The van der Waals surface area contributed by atoms with E-state index >= 15 is 0 Å². The van der Waals surface area contributed by atoms with E-state index in [2.05, 4.69) is 90.1 Å². The van der Waals surface area contributed by atoms with E-state index in [1.165, 1.54) is 43.4 Å². The first kappa shape index (κ1) is 20.5. The van der Waals surface area contributed by atoms with Crippen molar-refractivity contribution in [1.29, 1.82) is 0 Å². The molecule has 0 atom stereocenters. The predicted octanol–water partition coefficient (Wildman–Crippen LogP) is 9.04. The molecule has 2 aliphatic rings. The molecule has 0 aromatic heterocycles. The van der Waals surface area contributed by atoms with Gasteiger partial charge in [0.2, 0.25) is 0 Å². The summed E-state index contributed by atoms with van der Waals surface area (Å²) in [6.45, 7) is 14.0. The van der Waals surface area contributed by atoms with Gasteiger partial charge in [0, 0.05) is 0 Å². The molecule has 170 valence electrons. The van der Waals surface area contributed by atoms with Crippen LogP contribution in [0.3, 0.4) is 0 Å². The lowest BCUT2D eigenvalue weighted by atomic mass is 9.70. The molecule has 0 heteroatoms. The topological polar surface area (TPSA) is 0 Å². The summed E-state index contributed by atoms with van der Waals surface area (Å²) in [7, 11) is 0. The summed E-state index contributed by atoms with van der Waals surface area (Å²) in [5.74, 6) is 0. The third-order valence-corrected chi connectivity index (χ3v) is 8.67. The molecule has 0 aliphatic heterocycles. The van der Waals surface area contributed by atoms with Crippen LogP contribution in [-0.2, 0) is 36.5 Å². The second kappa shape index (κ2) is 6.42. The van der Waals surface area contributed by atoms with Crippen molar-refractivity contribution in [3.63, 3.8) is 0 Å². The molecule has 0 fully saturated rings. The second-order valence-corrected chi connectivity index (χ2v) is 12.9. The quantitative estimate of drug-likeness (QED) is 0.210. The molecule has 0 bridgehead atoms. The summed E-state index contributed by atoms with van der Waals surface area (Å²) in [6, 6.07) is 19.6. The van der Waals surface area contributed by atoms with E-state index in [0.29, 0.717) is 0 Å². The molecule has 0 spiro atoms. The van der Waals surface area contributed by atoms with Gasteiger partial charge in [-0.3, -0.25) is 0 Å². The minimum atomic E-state index is 0.154. The largest absolute Gasteiger partial charge is 0.0561 e. The minimum absolute atomic E-state index is 0.154. The molecule has 0 radical (unpaired) electrons. The second-order valence-electron chi connectivity index (χ2n) is 12.9. The van der Waals surface area contributed by atoms with Gasteiger partial charge in [-0.2, -0.15) is 0 Å². The first-order valence-electron chi connectivity index (χ1n) is 13.0. The molecule has 0 heterocycles. The van der Waals surface area contributed by atoms with E-state index < -0.39 is 0 Å². The smallest absolute Gasteiger partial charge is 0.00208 e. The van der Waals surface area contributed by atoms with Gasteiger partial charge in [0.25, 0.3) is 0 Å². The highest BCUT2D eigenvalue weighted by molar-refractivity contribution is 6.26. The molecule has 0 saturated carbocycles. The molecule has 0 amide bonds. The van der Waals surface area contributed by atoms with Crippen molar-refractivity contribution >= 4 is 32.3 Å². The maximum atomic E-state index is 2.52. The lowest BCUT2D eigenvalue weighted by Gasteiger charge is -2.34. The van der Waals surface area contributed by atoms with E-state index in [1.807, 2.05) is 0 Å². The first-order chi connectivity index (χ1) is 16.1. The van der Waals surface area contributed by atoms with E-state index in [1.54, 1.807) is 33.4 Å².